The SMILES string of the molecule is COc1ccc(S(=O)(=O)N2CCC[C@H](C)C2)cc1N1CCN(S(=O)(=O)c2ccc(C(C)C)cc2)CC1. The highest BCUT2D eigenvalue weighted by Crippen LogP contribution is 2.34. The molecule has 0 unspecified atom stereocenters. The van der Waals surface area contributed by atoms with Crippen LogP contribution in [0.4, 0.5) is 5.69 Å². The average Bonchev–Trinajstić information content (AvgIpc) is 2.88. The number of ether oxygens (including phenoxy) is 1. The van der Waals surface area contributed by atoms with Crippen LogP contribution >= 0.6 is 0 Å². The number of piperazine rings is 1. The molecule has 8 nitrogen and oxygen atoms in total. The fourth-order valence-electron chi connectivity index (χ4n) is 4.93. The number of methoxy groups -OCH3 is 1. The van der Waals surface area contributed by atoms with Gasteiger partial charge in [-0.15, -0.1) is 0 Å². The van der Waals surface area contributed by atoms with E-state index in [-0.39, 0.29) is 4.90 Å². The van der Waals surface area contributed by atoms with Gasteiger partial charge in [0.05, 0.1) is 22.6 Å². The maximum atomic E-state index is 13.4. The summed E-state index contributed by atoms with van der Waals surface area (Å²) in [5.74, 6) is 1.24. The molecule has 2 aromatic rings. The van der Waals surface area contributed by atoms with Crippen molar-refractivity contribution in [2.45, 2.75) is 49.3 Å². The minimum Gasteiger partial charge on any atom is -0.495 e. The molecule has 0 amide bonds. The summed E-state index contributed by atoms with van der Waals surface area (Å²) < 4.78 is 61.8. The number of benzene rings is 2. The number of piperidine rings is 1. The van der Waals surface area contributed by atoms with Crippen LogP contribution in [-0.2, 0) is 20.0 Å². The Morgan fingerprint density at radius 1 is 0.833 bits per heavy atom. The zero-order valence-electron chi connectivity index (χ0n) is 21.6. The molecule has 0 saturated carbocycles. The van der Waals surface area contributed by atoms with Crippen molar-refractivity contribution in [1.29, 1.82) is 0 Å². The lowest BCUT2D eigenvalue weighted by Gasteiger charge is -2.36. The second-order valence-corrected chi connectivity index (χ2v) is 13.9. The van der Waals surface area contributed by atoms with E-state index in [4.69, 9.17) is 4.74 Å². The van der Waals surface area contributed by atoms with E-state index in [0.717, 1.165) is 18.4 Å². The van der Waals surface area contributed by atoms with Crippen LogP contribution in [0.1, 0.15) is 45.1 Å². The average molecular weight is 536 g/mol. The van der Waals surface area contributed by atoms with E-state index in [2.05, 4.69) is 20.8 Å². The largest absolute Gasteiger partial charge is 0.495 e. The Kier molecular flexibility index (Phi) is 7.99. The summed E-state index contributed by atoms with van der Waals surface area (Å²) in [6.45, 7) is 8.76. The van der Waals surface area contributed by atoms with Crippen molar-refractivity contribution < 1.29 is 21.6 Å². The predicted octanol–water partition coefficient (Wildman–Crippen LogP) is 3.75. The van der Waals surface area contributed by atoms with Crippen LogP contribution < -0.4 is 9.64 Å². The quantitative estimate of drug-likeness (QED) is 0.537. The van der Waals surface area contributed by atoms with Gasteiger partial charge in [0.25, 0.3) is 0 Å². The molecule has 198 valence electrons. The summed E-state index contributed by atoms with van der Waals surface area (Å²) >= 11 is 0. The Morgan fingerprint density at radius 3 is 2.03 bits per heavy atom. The topological polar surface area (TPSA) is 87.2 Å². The van der Waals surface area contributed by atoms with Crippen LogP contribution in [0.25, 0.3) is 0 Å². The van der Waals surface area contributed by atoms with Gasteiger partial charge < -0.3 is 9.64 Å². The van der Waals surface area contributed by atoms with E-state index < -0.39 is 20.0 Å². The highest BCUT2D eigenvalue weighted by Gasteiger charge is 2.32. The van der Waals surface area contributed by atoms with Gasteiger partial charge in [-0.3, -0.25) is 0 Å². The minimum absolute atomic E-state index is 0.243. The lowest BCUT2D eigenvalue weighted by molar-refractivity contribution is 0.281. The smallest absolute Gasteiger partial charge is 0.243 e. The Balaban J connectivity index is 1.52. The summed E-state index contributed by atoms with van der Waals surface area (Å²) in [6.07, 6.45) is 1.90. The molecule has 0 aliphatic carbocycles. The maximum absolute atomic E-state index is 13.4. The lowest BCUT2D eigenvalue weighted by Crippen LogP contribution is -2.48. The Hall–Kier alpha value is -2.14. The van der Waals surface area contributed by atoms with Crippen molar-refractivity contribution in [3.8, 4) is 5.75 Å². The van der Waals surface area contributed by atoms with Gasteiger partial charge in [0, 0.05) is 39.3 Å². The van der Waals surface area contributed by atoms with E-state index in [1.54, 1.807) is 41.7 Å². The third-order valence-electron chi connectivity index (χ3n) is 7.17. The van der Waals surface area contributed by atoms with E-state index in [1.807, 2.05) is 17.0 Å². The summed E-state index contributed by atoms with van der Waals surface area (Å²) in [4.78, 5) is 2.54. The van der Waals surface area contributed by atoms with Crippen molar-refractivity contribution in [2.24, 2.45) is 5.92 Å². The van der Waals surface area contributed by atoms with E-state index >= 15 is 0 Å². The van der Waals surface area contributed by atoms with E-state index in [9.17, 15) is 16.8 Å². The second-order valence-electron chi connectivity index (χ2n) is 10.1. The molecule has 10 heteroatoms. The normalized spacial score (nSPS) is 20.6. The zero-order chi connectivity index (χ0) is 26.1. The molecule has 36 heavy (non-hydrogen) atoms. The van der Waals surface area contributed by atoms with Crippen molar-refractivity contribution >= 4 is 25.7 Å². The van der Waals surface area contributed by atoms with Crippen LogP contribution in [0.2, 0.25) is 0 Å². The van der Waals surface area contributed by atoms with Gasteiger partial charge in [-0.25, -0.2) is 16.8 Å². The molecule has 0 spiro atoms. The highest BCUT2D eigenvalue weighted by molar-refractivity contribution is 7.89. The Bertz CT molecular complexity index is 1270. The molecular formula is C26H37N3O5S2. The van der Waals surface area contributed by atoms with Crippen molar-refractivity contribution in [3.63, 3.8) is 0 Å². The molecule has 2 aliphatic heterocycles. The van der Waals surface area contributed by atoms with Crippen LogP contribution in [-0.4, -0.2) is 71.8 Å². The van der Waals surface area contributed by atoms with Gasteiger partial charge in [0.15, 0.2) is 0 Å². The van der Waals surface area contributed by atoms with Crippen LogP contribution in [0.3, 0.4) is 0 Å². The first kappa shape index (κ1) is 26.9. The van der Waals surface area contributed by atoms with Gasteiger partial charge in [-0.2, -0.15) is 8.61 Å². The Labute approximate surface area is 216 Å². The van der Waals surface area contributed by atoms with Gasteiger partial charge in [0.1, 0.15) is 5.75 Å². The molecule has 2 fully saturated rings. The van der Waals surface area contributed by atoms with E-state index in [1.165, 1.54) is 4.31 Å². The standard InChI is InChI=1S/C26H37N3O5S2/c1-20(2)22-7-9-23(10-8-22)35(30,31)28-16-14-27(15-17-28)25-18-24(11-12-26(25)34-4)36(32,33)29-13-5-6-21(3)19-29/h7-12,18,20-21H,5-6,13-17,19H2,1-4H3/t21-/m0/s1. The number of sulfonamides is 2. The van der Waals surface area contributed by atoms with Crippen LogP contribution in [0.15, 0.2) is 52.3 Å². The fourth-order valence-corrected chi connectivity index (χ4v) is 7.98. The van der Waals surface area contributed by atoms with Crippen molar-refractivity contribution in [1.82, 2.24) is 8.61 Å². The number of rotatable bonds is 7. The van der Waals surface area contributed by atoms with Crippen molar-refractivity contribution in [2.75, 3.05) is 51.3 Å². The molecule has 0 aromatic heterocycles. The summed E-state index contributed by atoms with van der Waals surface area (Å²) in [7, 11) is -5.66. The number of hydrogen-bond donors (Lipinski definition) is 0. The molecular weight excluding hydrogens is 498 g/mol. The first-order valence-corrected chi connectivity index (χ1v) is 15.5. The van der Waals surface area contributed by atoms with Gasteiger partial charge in [-0.1, -0.05) is 32.9 Å². The first-order chi connectivity index (χ1) is 17.0. The van der Waals surface area contributed by atoms with Crippen LogP contribution in [0, 0.1) is 5.92 Å². The van der Waals surface area contributed by atoms with Gasteiger partial charge in [-0.05, 0) is 60.6 Å². The lowest BCUT2D eigenvalue weighted by atomic mass is 10.0. The molecule has 0 radical (unpaired) electrons. The third kappa shape index (κ3) is 5.41. The molecule has 2 aromatic carbocycles. The molecule has 4 rings (SSSR count). The molecule has 0 bridgehead atoms. The molecule has 2 aliphatic rings. The van der Waals surface area contributed by atoms with E-state index in [0.29, 0.717) is 67.4 Å². The predicted molar refractivity (Wildman–Crippen MR) is 142 cm³/mol. The summed E-state index contributed by atoms with van der Waals surface area (Å²) in [5, 5.41) is 0. The molecule has 2 heterocycles. The fraction of sp³-hybridized carbons (Fsp3) is 0.538. The first-order valence-electron chi connectivity index (χ1n) is 12.6. The molecule has 1 atom stereocenters. The van der Waals surface area contributed by atoms with Gasteiger partial charge >= 0.3 is 0 Å². The van der Waals surface area contributed by atoms with Crippen molar-refractivity contribution in [3.05, 3.63) is 48.0 Å². The Morgan fingerprint density at radius 2 is 1.44 bits per heavy atom. The number of nitrogens with zero attached hydrogens (tertiary/aromatic N) is 3. The second kappa shape index (κ2) is 10.7. The summed E-state index contributed by atoms with van der Waals surface area (Å²) in [6, 6.07) is 12.0. The maximum Gasteiger partial charge on any atom is 0.243 e. The number of hydrogen-bond acceptors (Lipinski definition) is 6. The summed E-state index contributed by atoms with van der Waals surface area (Å²) in [5.41, 5.74) is 1.77. The highest BCUT2D eigenvalue weighted by atomic mass is 32.2. The molecule has 2 saturated heterocycles. The minimum atomic E-state index is -3.62. The number of anilines is 1. The van der Waals surface area contributed by atoms with Gasteiger partial charge in [0.2, 0.25) is 20.0 Å². The zero-order valence-corrected chi connectivity index (χ0v) is 23.2. The van der Waals surface area contributed by atoms with Crippen LogP contribution in [0.5, 0.6) is 5.75 Å². The third-order valence-corrected chi connectivity index (χ3v) is 10.9. The monoisotopic (exact) mass is 535 g/mol. The molecule has 0 N–H and O–H groups in total.